The van der Waals surface area contributed by atoms with E-state index >= 15 is 0 Å². The highest BCUT2D eigenvalue weighted by atomic mass is 19.1. The van der Waals surface area contributed by atoms with Crippen LogP contribution in [-0.2, 0) is 4.79 Å². The van der Waals surface area contributed by atoms with Crippen molar-refractivity contribution in [1.82, 2.24) is 15.3 Å². The number of benzene rings is 1. The second-order valence-corrected chi connectivity index (χ2v) is 5.61. The van der Waals surface area contributed by atoms with E-state index < -0.39 is 12.0 Å². The van der Waals surface area contributed by atoms with Crippen molar-refractivity contribution in [3.8, 4) is 0 Å². The lowest BCUT2D eigenvalue weighted by Gasteiger charge is -2.32. The number of nitrogens with one attached hydrogen (secondary N) is 2. The molecule has 2 heterocycles. The third-order valence-corrected chi connectivity index (χ3v) is 4.12. The van der Waals surface area contributed by atoms with Gasteiger partial charge in [0.1, 0.15) is 17.2 Å². The highest BCUT2D eigenvalue weighted by molar-refractivity contribution is 6.21. The van der Waals surface area contributed by atoms with Crippen molar-refractivity contribution in [3.63, 3.8) is 0 Å². The van der Waals surface area contributed by atoms with Crippen LogP contribution < -0.4 is 16.8 Å². The summed E-state index contributed by atoms with van der Waals surface area (Å²) < 4.78 is 14.1. The Kier molecular flexibility index (Phi) is 2.77. The van der Waals surface area contributed by atoms with E-state index in [0.717, 1.165) is 0 Å². The Balaban J connectivity index is 1.88. The highest BCUT2D eigenvalue weighted by Crippen LogP contribution is 2.34. The summed E-state index contributed by atoms with van der Waals surface area (Å²) in [7, 11) is 0. The standard InChI is InChI=1S/C16H14FN5O/c17-8-2-1-3-10-12(8)14(19)13(16(23)22-10)15-20-9-5-4-7(18)6-11(9)21-15/h1-6,10,12H,18-19H2,(H,20,21)(H,22,23). The van der Waals surface area contributed by atoms with E-state index in [1.54, 1.807) is 30.4 Å². The van der Waals surface area contributed by atoms with Crippen LogP contribution in [0.5, 0.6) is 0 Å². The number of H-pyrrole nitrogens is 1. The molecule has 6 N–H and O–H groups in total. The minimum absolute atomic E-state index is 0.167. The van der Waals surface area contributed by atoms with Crippen molar-refractivity contribution in [2.45, 2.75) is 6.04 Å². The van der Waals surface area contributed by atoms with Crippen LogP contribution in [0.4, 0.5) is 10.1 Å². The average molecular weight is 311 g/mol. The van der Waals surface area contributed by atoms with E-state index in [9.17, 15) is 9.18 Å². The number of amides is 1. The smallest absolute Gasteiger partial charge is 0.257 e. The Hall–Kier alpha value is -3.09. The monoisotopic (exact) mass is 311 g/mol. The zero-order valence-electron chi connectivity index (χ0n) is 12.0. The number of fused-ring (bicyclic) bond motifs is 2. The largest absolute Gasteiger partial charge is 0.401 e. The number of nitrogens with two attached hydrogens (primary N) is 2. The summed E-state index contributed by atoms with van der Waals surface area (Å²) in [6.07, 6.45) is 4.64. The van der Waals surface area contributed by atoms with E-state index in [1.807, 2.05) is 0 Å². The fraction of sp³-hybridized carbons (Fsp3) is 0.125. The van der Waals surface area contributed by atoms with Crippen LogP contribution in [0.25, 0.3) is 16.6 Å². The lowest BCUT2D eigenvalue weighted by Crippen LogP contribution is -2.47. The van der Waals surface area contributed by atoms with Crippen LogP contribution >= 0.6 is 0 Å². The van der Waals surface area contributed by atoms with Crippen molar-refractivity contribution in [3.05, 3.63) is 53.8 Å². The van der Waals surface area contributed by atoms with Gasteiger partial charge in [-0.2, -0.15) is 0 Å². The number of anilines is 1. The molecule has 6 nitrogen and oxygen atoms in total. The van der Waals surface area contributed by atoms with Gasteiger partial charge in [-0.05, 0) is 24.3 Å². The van der Waals surface area contributed by atoms with Crippen molar-refractivity contribution < 1.29 is 9.18 Å². The van der Waals surface area contributed by atoms with E-state index in [0.29, 0.717) is 22.5 Å². The van der Waals surface area contributed by atoms with Gasteiger partial charge in [-0.3, -0.25) is 4.79 Å². The third kappa shape index (κ3) is 2.01. The van der Waals surface area contributed by atoms with Gasteiger partial charge in [0, 0.05) is 11.4 Å². The van der Waals surface area contributed by atoms with Gasteiger partial charge in [-0.1, -0.05) is 12.2 Å². The van der Waals surface area contributed by atoms with Crippen molar-refractivity contribution >= 4 is 28.2 Å². The molecule has 1 aromatic heterocycles. The molecule has 0 spiro atoms. The molecule has 23 heavy (non-hydrogen) atoms. The summed E-state index contributed by atoms with van der Waals surface area (Å²) in [4.78, 5) is 19.8. The maximum atomic E-state index is 14.1. The summed E-state index contributed by atoms with van der Waals surface area (Å²) >= 11 is 0. The van der Waals surface area contributed by atoms with E-state index in [2.05, 4.69) is 15.3 Å². The molecule has 0 radical (unpaired) electrons. The molecule has 2 atom stereocenters. The summed E-state index contributed by atoms with van der Waals surface area (Å²) in [5.41, 5.74) is 14.1. The first-order valence-electron chi connectivity index (χ1n) is 7.14. The zero-order chi connectivity index (χ0) is 16.1. The molecule has 7 heteroatoms. The van der Waals surface area contributed by atoms with Gasteiger partial charge >= 0.3 is 0 Å². The first-order valence-corrected chi connectivity index (χ1v) is 7.14. The molecule has 2 aromatic rings. The van der Waals surface area contributed by atoms with Gasteiger partial charge in [0.05, 0.1) is 23.0 Å². The molecule has 116 valence electrons. The van der Waals surface area contributed by atoms with Crippen LogP contribution in [-0.4, -0.2) is 21.9 Å². The third-order valence-electron chi connectivity index (χ3n) is 4.12. The van der Waals surface area contributed by atoms with Gasteiger partial charge in [0.2, 0.25) is 0 Å². The maximum absolute atomic E-state index is 14.1. The van der Waals surface area contributed by atoms with Gasteiger partial charge in [-0.15, -0.1) is 0 Å². The predicted octanol–water partition coefficient (Wildman–Crippen LogP) is 1.35. The van der Waals surface area contributed by atoms with Gasteiger partial charge in [0.15, 0.2) is 0 Å². The fourth-order valence-corrected chi connectivity index (χ4v) is 3.03. The second kappa shape index (κ2) is 4.70. The first kappa shape index (κ1) is 13.6. The van der Waals surface area contributed by atoms with E-state index in [1.165, 1.54) is 6.08 Å². The predicted molar refractivity (Wildman–Crippen MR) is 85.4 cm³/mol. The SMILES string of the molecule is NC1=C(c2nc3ccc(N)cc3[nH]2)C(=O)NC2C=CC=C(F)C12. The molecule has 1 aliphatic carbocycles. The number of aromatic nitrogens is 2. The lowest BCUT2D eigenvalue weighted by molar-refractivity contribution is -0.116. The molecule has 1 amide bonds. The quantitative estimate of drug-likeness (QED) is 0.596. The van der Waals surface area contributed by atoms with Crippen molar-refractivity contribution in [2.24, 2.45) is 11.7 Å². The number of hydrogen-bond acceptors (Lipinski definition) is 4. The van der Waals surface area contributed by atoms with Crippen LogP contribution in [0.2, 0.25) is 0 Å². The van der Waals surface area contributed by atoms with Crippen LogP contribution in [0.15, 0.2) is 48.0 Å². The topological polar surface area (TPSA) is 110 Å². The number of aromatic amines is 1. The Morgan fingerprint density at radius 3 is 2.91 bits per heavy atom. The normalized spacial score (nSPS) is 23.7. The fourth-order valence-electron chi connectivity index (χ4n) is 3.03. The summed E-state index contributed by atoms with van der Waals surface area (Å²) in [6, 6.07) is 4.71. The Bertz CT molecular complexity index is 924. The Labute approximate surface area is 130 Å². The molecule has 0 bridgehead atoms. The number of rotatable bonds is 1. The molecule has 4 rings (SSSR count). The first-order chi connectivity index (χ1) is 11.0. The molecular formula is C16H14FN5O. The zero-order valence-corrected chi connectivity index (χ0v) is 12.0. The number of imidazole rings is 1. The van der Waals surface area contributed by atoms with E-state index in [-0.39, 0.29) is 23.0 Å². The van der Waals surface area contributed by atoms with E-state index in [4.69, 9.17) is 11.5 Å². The van der Waals surface area contributed by atoms with Crippen LogP contribution in [0.1, 0.15) is 5.82 Å². The average Bonchev–Trinajstić information content (AvgIpc) is 2.89. The van der Waals surface area contributed by atoms with Crippen LogP contribution in [0, 0.1) is 5.92 Å². The Morgan fingerprint density at radius 1 is 1.26 bits per heavy atom. The number of carbonyl (C=O) groups excluding carboxylic acids is 1. The number of allylic oxidation sites excluding steroid dienone is 2. The van der Waals surface area contributed by atoms with Gasteiger partial charge in [-0.25, -0.2) is 9.37 Å². The van der Waals surface area contributed by atoms with Gasteiger partial charge < -0.3 is 21.8 Å². The van der Waals surface area contributed by atoms with Crippen LogP contribution in [0.3, 0.4) is 0 Å². The number of nitrogens with zero attached hydrogens (tertiary/aromatic N) is 1. The molecule has 0 saturated heterocycles. The molecule has 1 aliphatic heterocycles. The molecular weight excluding hydrogens is 297 g/mol. The number of nitrogen functional groups attached to an aromatic ring is 1. The molecule has 2 aliphatic rings. The van der Waals surface area contributed by atoms with Gasteiger partial charge in [0.25, 0.3) is 5.91 Å². The minimum Gasteiger partial charge on any atom is -0.401 e. The minimum atomic E-state index is -0.703. The molecule has 1 aromatic carbocycles. The number of halogens is 1. The lowest BCUT2D eigenvalue weighted by atomic mass is 9.85. The number of hydrogen-bond donors (Lipinski definition) is 4. The molecule has 0 saturated carbocycles. The summed E-state index contributed by atoms with van der Waals surface area (Å²) in [6.45, 7) is 0. The van der Waals surface area contributed by atoms with Crippen molar-refractivity contribution in [2.75, 3.05) is 5.73 Å². The Morgan fingerprint density at radius 2 is 2.09 bits per heavy atom. The highest BCUT2D eigenvalue weighted by Gasteiger charge is 2.38. The summed E-state index contributed by atoms with van der Waals surface area (Å²) in [5, 5.41) is 2.75. The summed E-state index contributed by atoms with van der Waals surface area (Å²) in [5.74, 6) is -1.16. The molecule has 0 fully saturated rings. The molecule has 2 unspecified atom stereocenters. The second-order valence-electron chi connectivity index (χ2n) is 5.61. The maximum Gasteiger partial charge on any atom is 0.257 e. The number of carbonyl (C=O) groups is 1. The van der Waals surface area contributed by atoms with Crippen molar-refractivity contribution in [1.29, 1.82) is 0 Å².